The average molecular weight is 684 g/mol. The van der Waals surface area contributed by atoms with Crippen molar-refractivity contribution < 1.29 is 4.42 Å². The van der Waals surface area contributed by atoms with Gasteiger partial charge in [-0.15, -0.1) is 11.3 Å². The first-order chi connectivity index (χ1) is 25.8. The van der Waals surface area contributed by atoms with E-state index in [-0.39, 0.29) is 0 Å². The second-order valence-corrected chi connectivity index (χ2v) is 14.3. The molecule has 3 heterocycles. The van der Waals surface area contributed by atoms with Crippen molar-refractivity contribution >= 4 is 92.2 Å². The number of rotatable bonds is 5. The van der Waals surface area contributed by atoms with Gasteiger partial charge in [0.1, 0.15) is 5.52 Å². The lowest BCUT2D eigenvalue weighted by Crippen LogP contribution is -2.09. The van der Waals surface area contributed by atoms with E-state index in [9.17, 15) is 0 Å². The first-order valence-corrected chi connectivity index (χ1v) is 18.3. The number of thiophene rings is 1. The van der Waals surface area contributed by atoms with Crippen LogP contribution in [0.3, 0.4) is 0 Å². The minimum absolute atomic E-state index is 0.616. The summed E-state index contributed by atoms with van der Waals surface area (Å²) < 4.78 is 11.4. The molecule has 3 aromatic heterocycles. The maximum atomic E-state index is 6.42. The number of anilines is 3. The summed E-state index contributed by atoms with van der Waals surface area (Å²) in [5, 5.41) is 7.19. The Labute approximate surface area is 303 Å². The fraction of sp³-hybridized carbons (Fsp3) is 0. The Bertz CT molecular complexity index is 3140. The summed E-state index contributed by atoms with van der Waals surface area (Å²) in [6.45, 7) is 0. The van der Waals surface area contributed by atoms with Gasteiger partial charge in [0.2, 0.25) is 5.89 Å². The van der Waals surface area contributed by atoms with Gasteiger partial charge in [-0.25, -0.2) is 4.98 Å². The molecule has 0 fully saturated rings. The van der Waals surface area contributed by atoms with Crippen molar-refractivity contribution in [1.82, 2.24) is 9.55 Å². The van der Waals surface area contributed by atoms with Crippen LogP contribution in [0.4, 0.5) is 17.1 Å². The molecule has 0 amide bonds. The van der Waals surface area contributed by atoms with Gasteiger partial charge < -0.3 is 13.9 Å². The molecule has 0 saturated carbocycles. The molecule has 0 aliphatic carbocycles. The Morgan fingerprint density at radius 2 is 1.13 bits per heavy atom. The molecule has 11 aromatic rings. The Hall–Kier alpha value is -6.69. The van der Waals surface area contributed by atoms with Gasteiger partial charge in [0.15, 0.2) is 5.58 Å². The summed E-state index contributed by atoms with van der Waals surface area (Å²) in [6.07, 6.45) is 0. The third kappa shape index (κ3) is 4.50. The van der Waals surface area contributed by atoms with Crippen LogP contribution in [0.1, 0.15) is 0 Å². The highest BCUT2D eigenvalue weighted by Crippen LogP contribution is 2.43. The Balaban J connectivity index is 1.09. The number of benzene rings is 8. The Morgan fingerprint density at radius 3 is 2.00 bits per heavy atom. The van der Waals surface area contributed by atoms with Gasteiger partial charge in [-0.05, 0) is 96.4 Å². The van der Waals surface area contributed by atoms with Crippen molar-refractivity contribution in [3.63, 3.8) is 0 Å². The highest BCUT2D eigenvalue weighted by atomic mass is 32.1. The number of fused-ring (bicyclic) bond motifs is 9. The quantitative estimate of drug-likeness (QED) is 0.181. The molecule has 244 valence electrons. The van der Waals surface area contributed by atoms with Crippen LogP contribution in [-0.2, 0) is 0 Å². The van der Waals surface area contributed by atoms with E-state index < -0.39 is 0 Å². The smallest absolute Gasteiger partial charge is 0.227 e. The Morgan fingerprint density at radius 1 is 0.481 bits per heavy atom. The highest BCUT2D eigenvalue weighted by Gasteiger charge is 2.19. The molecule has 0 saturated heterocycles. The fourth-order valence-electron chi connectivity index (χ4n) is 7.79. The van der Waals surface area contributed by atoms with Gasteiger partial charge in [0, 0.05) is 64.6 Å². The van der Waals surface area contributed by atoms with Crippen molar-refractivity contribution in [2.45, 2.75) is 0 Å². The van der Waals surface area contributed by atoms with Crippen LogP contribution in [0, 0.1) is 0 Å². The monoisotopic (exact) mass is 683 g/mol. The van der Waals surface area contributed by atoms with Crippen LogP contribution in [0.2, 0.25) is 0 Å². The molecule has 0 N–H and O–H groups in total. The molecule has 0 atom stereocenters. The summed E-state index contributed by atoms with van der Waals surface area (Å²) in [7, 11) is 0. The van der Waals surface area contributed by atoms with Crippen LogP contribution in [-0.4, -0.2) is 9.55 Å². The zero-order valence-corrected chi connectivity index (χ0v) is 28.7. The SMILES string of the molecule is c1ccc(-n2c3ccccc3c3cc(N(c4ccc(-c5nc6ccc7ccccc7c6o5)cc4)c4ccc5sc6ccccc6c5c4)ccc32)cc1. The molecular weight excluding hydrogens is 655 g/mol. The summed E-state index contributed by atoms with van der Waals surface area (Å²) in [5.74, 6) is 0.616. The second-order valence-electron chi connectivity index (χ2n) is 13.2. The zero-order valence-electron chi connectivity index (χ0n) is 27.9. The van der Waals surface area contributed by atoms with Gasteiger partial charge >= 0.3 is 0 Å². The van der Waals surface area contributed by atoms with E-state index in [1.807, 2.05) is 29.5 Å². The number of hydrogen-bond donors (Lipinski definition) is 0. The standard InChI is InChI=1S/C47H29N3OS/c1-2-11-32(12-3-1)50-42-16-8-6-14-37(42)39-28-34(23-26-43(39)50)49(35-24-27-45-40(29-35)38-15-7-9-17-44(38)52-45)33-21-18-31(19-22-33)47-48-41-25-20-30-10-4-5-13-36(30)46(41)51-47/h1-29H. The lowest BCUT2D eigenvalue weighted by atomic mass is 10.1. The molecule has 11 rings (SSSR count). The van der Waals surface area contributed by atoms with Crippen molar-refractivity contribution in [2.75, 3.05) is 4.90 Å². The number of nitrogens with zero attached hydrogens (tertiary/aromatic N) is 3. The molecule has 0 aliphatic rings. The summed E-state index contributed by atoms with van der Waals surface area (Å²) in [6, 6.07) is 62.7. The number of para-hydroxylation sites is 2. The maximum Gasteiger partial charge on any atom is 0.227 e. The molecule has 0 radical (unpaired) electrons. The maximum absolute atomic E-state index is 6.42. The van der Waals surface area contributed by atoms with Crippen LogP contribution in [0.5, 0.6) is 0 Å². The third-order valence-electron chi connectivity index (χ3n) is 10.2. The summed E-state index contributed by atoms with van der Waals surface area (Å²) in [5.41, 5.74) is 9.36. The molecule has 0 unspecified atom stereocenters. The van der Waals surface area contributed by atoms with E-state index in [0.29, 0.717) is 5.89 Å². The normalized spacial score (nSPS) is 11.8. The number of hydrogen-bond acceptors (Lipinski definition) is 4. The van der Waals surface area contributed by atoms with E-state index in [0.717, 1.165) is 50.2 Å². The largest absolute Gasteiger partial charge is 0.435 e. The highest BCUT2D eigenvalue weighted by molar-refractivity contribution is 7.25. The first kappa shape index (κ1) is 29.1. The van der Waals surface area contributed by atoms with E-state index in [4.69, 9.17) is 9.40 Å². The molecular formula is C47H29N3OS. The van der Waals surface area contributed by atoms with Gasteiger partial charge in [-0.1, -0.05) is 84.9 Å². The van der Waals surface area contributed by atoms with E-state index in [1.165, 1.54) is 42.0 Å². The van der Waals surface area contributed by atoms with Crippen LogP contribution >= 0.6 is 11.3 Å². The predicted molar refractivity (Wildman–Crippen MR) is 219 cm³/mol. The van der Waals surface area contributed by atoms with E-state index in [2.05, 4.69) is 167 Å². The van der Waals surface area contributed by atoms with Crippen LogP contribution in [0.25, 0.3) is 81.0 Å². The summed E-state index contributed by atoms with van der Waals surface area (Å²) >= 11 is 1.84. The molecule has 0 bridgehead atoms. The van der Waals surface area contributed by atoms with Gasteiger partial charge in [-0.3, -0.25) is 0 Å². The minimum Gasteiger partial charge on any atom is -0.435 e. The van der Waals surface area contributed by atoms with Crippen LogP contribution in [0.15, 0.2) is 180 Å². The first-order valence-electron chi connectivity index (χ1n) is 17.5. The fourth-order valence-corrected chi connectivity index (χ4v) is 8.87. The average Bonchev–Trinajstić information content (AvgIpc) is 3.91. The lowest BCUT2D eigenvalue weighted by molar-refractivity contribution is 0.623. The van der Waals surface area contributed by atoms with Crippen molar-refractivity contribution in [2.24, 2.45) is 0 Å². The molecule has 5 heteroatoms. The second kappa shape index (κ2) is 11.4. The molecule has 0 aliphatic heterocycles. The van der Waals surface area contributed by atoms with Gasteiger partial charge in [-0.2, -0.15) is 0 Å². The summed E-state index contributed by atoms with van der Waals surface area (Å²) in [4.78, 5) is 7.25. The molecule has 0 spiro atoms. The number of aromatic nitrogens is 2. The van der Waals surface area contributed by atoms with Crippen molar-refractivity contribution in [1.29, 1.82) is 0 Å². The molecule has 52 heavy (non-hydrogen) atoms. The molecule has 4 nitrogen and oxygen atoms in total. The van der Waals surface area contributed by atoms with Gasteiger partial charge in [0.05, 0.1) is 11.0 Å². The van der Waals surface area contributed by atoms with Crippen LogP contribution < -0.4 is 4.90 Å². The van der Waals surface area contributed by atoms with E-state index in [1.54, 1.807) is 0 Å². The van der Waals surface area contributed by atoms with E-state index >= 15 is 0 Å². The third-order valence-corrected chi connectivity index (χ3v) is 11.4. The van der Waals surface area contributed by atoms with Gasteiger partial charge in [0.25, 0.3) is 0 Å². The lowest BCUT2D eigenvalue weighted by Gasteiger charge is -2.26. The van der Waals surface area contributed by atoms with Crippen molar-refractivity contribution in [3.8, 4) is 17.1 Å². The number of oxazole rings is 1. The molecule has 8 aromatic carbocycles. The predicted octanol–water partition coefficient (Wildman–Crippen LogP) is 13.6. The van der Waals surface area contributed by atoms with Crippen molar-refractivity contribution in [3.05, 3.63) is 176 Å². The Kier molecular flexibility index (Phi) is 6.39. The minimum atomic E-state index is 0.616. The zero-order chi connectivity index (χ0) is 34.2. The topological polar surface area (TPSA) is 34.2 Å².